The predicted molar refractivity (Wildman–Crippen MR) is 343 cm³/mol. The topological polar surface area (TPSA) is 676 Å². The second-order valence-corrected chi connectivity index (χ2v) is 25.8. The van der Waals surface area contributed by atoms with Gasteiger partial charge in [-0.3, -0.25) is 44.0 Å². The number of imidazole rings is 1. The molecule has 3 aliphatic rings. The number of nitrogens with two attached hydrogens (primary N) is 6. The number of nitrogens with one attached hydrogen (secondary N) is 8. The fraction of sp³-hybridized carbons (Fsp3) is 0.643. The first-order valence-electron chi connectivity index (χ1n) is 30.7. The maximum Gasteiger partial charge on any atom is 0.404 e. The number of aliphatic imine (C=N–C) groups is 1. The van der Waals surface area contributed by atoms with Gasteiger partial charge < -0.3 is 136 Å². The molecule has 3 aromatic heterocycles. The number of aromatic nitrogens is 5. The van der Waals surface area contributed by atoms with E-state index in [1.54, 1.807) is 5.38 Å². The number of amides is 8. The van der Waals surface area contributed by atoms with E-state index in [1.807, 2.05) is 0 Å². The molecule has 3 aromatic rings. The third-order valence-electron chi connectivity index (χ3n) is 15.9. The Labute approximate surface area is 567 Å². The van der Waals surface area contributed by atoms with Crippen LogP contribution in [-0.2, 0) is 47.7 Å². The van der Waals surface area contributed by atoms with E-state index in [0.717, 1.165) is 12.5 Å². The van der Waals surface area contributed by atoms with Gasteiger partial charge >= 0.3 is 6.09 Å². The van der Waals surface area contributed by atoms with Crippen molar-refractivity contribution in [2.24, 2.45) is 39.6 Å². The minimum atomic E-state index is -2.20. The lowest BCUT2D eigenvalue weighted by molar-refractivity contribution is -0.369. The Morgan fingerprint density at radius 2 is 1.60 bits per heavy atom. The smallest absolute Gasteiger partial charge is 0.404 e. The zero-order valence-electron chi connectivity index (χ0n) is 53.9. The molecular weight excluding hydrogens is 1340 g/mol. The van der Waals surface area contributed by atoms with E-state index in [0.29, 0.717) is 35.2 Å². The third-order valence-corrected chi connectivity index (χ3v) is 17.9. The molecule has 6 heterocycles. The second-order valence-electron chi connectivity index (χ2n) is 23.8. The van der Waals surface area contributed by atoms with Gasteiger partial charge in [-0.25, -0.2) is 24.7 Å². The summed E-state index contributed by atoms with van der Waals surface area (Å²) in [5.41, 5.74) is 31.0. The lowest BCUT2D eigenvalue weighted by Crippen LogP contribution is -2.65. The van der Waals surface area contributed by atoms with Gasteiger partial charge in [-0.15, -0.1) is 23.1 Å². The van der Waals surface area contributed by atoms with Gasteiger partial charge in [0.15, 0.2) is 18.7 Å². The minimum Gasteiger partial charge on any atom is -0.441 e. The van der Waals surface area contributed by atoms with Crippen molar-refractivity contribution in [1.29, 1.82) is 5.41 Å². The number of hydrogen-bond acceptors (Lipinski definition) is 32. The molecule has 6 rings (SSSR count). The molecule has 28 N–H and O–H groups in total. The molecule has 98 heavy (non-hydrogen) atoms. The highest BCUT2D eigenvalue weighted by molar-refractivity contribution is 8.14. The average Bonchev–Trinajstić information content (AvgIpc) is 0.884. The van der Waals surface area contributed by atoms with Crippen LogP contribution in [0.1, 0.15) is 121 Å². The highest BCUT2D eigenvalue weighted by atomic mass is 32.2. The Hall–Kier alpha value is -7.79. The molecule has 0 aromatic carbocycles. The SMILES string of the molecule is Cc1c(N)nc([C@H](CC(N)=O)NC[C@H](N)C(N)=O)nc1C(=O)N[C@H](C(=O)N[C@H](CCO)[C@@H](O)[C@H](C)C(=O)N[C@H](C(=O)NCCC1=NC(c2nc(C(=O)NCCCC(=N)N)cs2)CS1)C(C)(C)O)[C@@H](O[C@@H]1O[C@@H](C)[C@@H](O)[C@H](O)[C@@H]1O[C@H]1O[C@H](CO)[C@@H](O)[C@H](OC(N)=O)[C@@H]1O)c1cnc[nH]1. The first-order valence-corrected chi connectivity index (χ1v) is 32.6. The van der Waals surface area contributed by atoms with Gasteiger partial charge in [-0.1, -0.05) is 6.92 Å². The van der Waals surface area contributed by atoms with Gasteiger partial charge in [-0.2, -0.15) is 0 Å². The number of anilines is 1. The van der Waals surface area contributed by atoms with Crippen molar-refractivity contribution in [3.63, 3.8) is 0 Å². The summed E-state index contributed by atoms with van der Waals surface area (Å²) in [7, 11) is 0. The minimum absolute atomic E-state index is 0.00825. The molecule has 19 atom stereocenters. The van der Waals surface area contributed by atoms with Crippen LogP contribution in [0.3, 0.4) is 0 Å². The number of aliphatic hydroxyl groups is 8. The van der Waals surface area contributed by atoms with Gasteiger partial charge in [0.1, 0.15) is 88.9 Å². The number of carbonyl (C=O) groups is 8. The lowest BCUT2D eigenvalue weighted by Gasteiger charge is -2.46. The fourth-order valence-electron chi connectivity index (χ4n) is 10.3. The monoisotopic (exact) mass is 1430 g/mol. The Morgan fingerprint density at radius 3 is 2.22 bits per heavy atom. The van der Waals surface area contributed by atoms with E-state index in [4.69, 9.17) is 68.5 Å². The van der Waals surface area contributed by atoms with E-state index in [9.17, 15) is 69.6 Å². The van der Waals surface area contributed by atoms with Crippen LogP contribution in [0.25, 0.3) is 0 Å². The summed E-state index contributed by atoms with van der Waals surface area (Å²) in [6.45, 7) is 4.43. The number of hydrogen-bond donors (Lipinski definition) is 22. The van der Waals surface area contributed by atoms with Gasteiger partial charge in [-0.05, 0) is 40.5 Å². The van der Waals surface area contributed by atoms with E-state index >= 15 is 9.59 Å². The van der Waals surface area contributed by atoms with Crippen LogP contribution in [0.15, 0.2) is 22.9 Å². The van der Waals surface area contributed by atoms with Gasteiger partial charge in [0.25, 0.3) is 11.8 Å². The maximum atomic E-state index is 15.4. The maximum absolute atomic E-state index is 15.4. The Morgan fingerprint density at radius 1 is 0.888 bits per heavy atom. The van der Waals surface area contributed by atoms with E-state index in [2.05, 4.69) is 56.8 Å². The lowest BCUT2D eigenvalue weighted by atomic mass is 9.92. The zero-order chi connectivity index (χ0) is 72.6. The summed E-state index contributed by atoms with van der Waals surface area (Å²) in [5, 5.41) is 115. The molecule has 0 bridgehead atoms. The van der Waals surface area contributed by atoms with Crippen molar-refractivity contribution in [3.05, 3.63) is 51.4 Å². The first-order chi connectivity index (χ1) is 46.1. The average molecular weight is 1430 g/mol. The van der Waals surface area contributed by atoms with Gasteiger partial charge in [0, 0.05) is 62.2 Å². The predicted octanol–water partition coefficient (Wildman–Crippen LogP) is -7.56. The van der Waals surface area contributed by atoms with Crippen LogP contribution < -0.4 is 66.3 Å². The number of thiazole rings is 1. The number of nitrogens with zero attached hydrogens (tertiary/aromatic N) is 5. The van der Waals surface area contributed by atoms with Crippen molar-refractivity contribution in [3.8, 4) is 0 Å². The molecule has 1 unspecified atom stereocenters. The largest absolute Gasteiger partial charge is 0.441 e. The fourth-order valence-corrected chi connectivity index (χ4v) is 12.2. The molecule has 40 nitrogen and oxygen atoms in total. The summed E-state index contributed by atoms with van der Waals surface area (Å²) >= 11 is 2.66. The Bertz CT molecular complexity index is 3300. The number of H-pyrrole nitrogens is 1. The number of primary amides is 3. The molecule has 2 fully saturated rings. The quantitative estimate of drug-likeness (QED) is 0.0146. The molecular formula is C56H87N19O21S2. The third kappa shape index (κ3) is 21.1. The number of nitrogen functional groups attached to an aromatic ring is 1. The number of aromatic amines is 1. The number of carbonyl (C=O) groups excluding carboxylic acids is 8. The summed E-state index contributed by atoms with van der Waals surface area (Å²) in [6.07, 6.45) is -22.4. The molecule has 42 heteroatoms. The van der Waals surface area contributed by atoms with Crippen LogP contribution >= 0.6 is 23.1 Å². The second kappa shape index (κ2) is 35.8. The van der Waals surface area contributed by atoms with E-state index in [-0.39, 0.29) is 65.9 Å². The summed E-state index contributed by atoms with van der Waals surface area (Å²) in [4.78, 5) is 132. The summed E-state index contributed by atoms with van der Waals surface area (Å²) in [6, 6.07) is -8.53. The highest BCUT2D eigenvalue weighted by Gasteiger charge is 2.53. The zero-order valence-corrected chi connectivity index (χ0v) is 55.5. The van der Waals surface area contributed by atoms with Crippen molar-refractivity contribution in [2.45, 2.75) is 182 Å². The van der Waals surface area contributed by atoms with Crippen LogP contribution in [0.5, 0.6) is 0 Å². The molecule has 8 amide bonds. The highest BCUT2D eigenvalue weighted by Crippen LogP contribution is 2.36. The number of aliphatic hydroxyl groups excluding tert-OH is 7. The van der Waals surface area contributed by atoms with Crippen LogP contribution in [0.4, 0.5) is 10.6 Å². The van der Waals surface area contributed by atoms with Gasteiger partial charge in [0.2, 0.25) is 29.5 Å². The number of ether oxygens (including phenoxy) is 5. The Balaban J connectivity index is 1.29. The summed E-state index contributed by atoms with van der Waals surface area (Å²) < 4.78 is 29.0. The summed E-state index contributed by atoms with van der Waals surface area (Å²) in [5.74, 6) is -8.54. The molecule has 3 aliphatic heterocycles. The van der Waals surface area contributed by atoms with Crippen molar-refractivity contribution in [1.82, 2.24) is 56.8 Å². The van der Waals surface area contributed by atoms with Crippen molar-refractivity contribution in [2.75, 3.05) is 44.3 Å². The van der Waals surface area contributed by atoms with Crippen LogP contribution in [0.2, 0.25) is 0 Å². The first kappa shape index (κ1) is 79.2. The normalized spacial score (nSPS) is 25.0. The molecule has 544 valence electrons. The Kier molecular flexibility index (Phi) is 28.9. The number of thioether (sulfide) groups is 1. The molecule has 0 spiro atoms. The van der Waals surface area contributed by atoms with Gasteiger partial charge in [0.05, 0.1) is 77.6 Å². The van der Waals surface area contributed by atoms with E-state index < -0.39 is 189 Å². The van der Waals surface area contributed by atoms with Crippen LogP contribution in [-0.4, -0.2) is 260 Å². The van der Waals surface area contributed by atoms with E-state index in [1.165, 1.54) is 57.7 Å². The van der Waals surface area contributed by atoms with Crippen LogP contribution in [0, 0.1) is 18.3 Å². The number of rotatable bonds is 36. The van der Waals surface area contributed by atoms with Crippen molar-refractivity contribution >= 4 is 87.2 Å². The molecule has 0 saturated carbocycles. The van der Waals surface area contributed by atoms with Crippen molar-refractivity contribution < 1.29 is 103 Å². The molecule has 2 saturated heterocycles. The molecule has 0 radical (unpaired) electrons. The number of amidine groups is 1. The standard InChI is InChI=1S/C56H87N19O21S2/c1-20-33(72-46(75-44(20)61)25(13-31(60)78)67-14-23(57)45(62)84)49(87)73-34(40(26-15-64-19-68-26)94-54-42(38(82)36(80)22(3)92-54)95-53-39(83)41(96-55(63)90)37(81)29(16-77)93-53)50(88)70-24(9-12-76)35(79)21(2)47(85)74-43(56(4,5)91)51(89)66-11-8-32-69-28(18-97-32)52-71-27(17-98-52)48(86)65-10-6-7-30(58)59/h15,17,19,21-25,28-29,34-43,53-54,67,76-77,79-83,91H,6-14,16,18,57H2,1-5H3,(H3,58,59)(H2,60,78)(H2,62,84)(H2,63,90)(H,64,68)(H,65,86)(H,66,89)(H,70,88)(H,73,87)(H,74,85)(H2,61,72,75)/t21-,22-,23-,24+,25-,28?,29+,34-,35-,36+,37+,38-,39-,40-,41-,42-,43+,53+,54-/m0/s1. The molecule has 0 aliphatic carbocycles.